The zero-order valence-electron chi connectivity index (χ0n) is 20.2. The Labute approximate surface area is 206 Å². The number of hydrogen-bond donors (Lipinski definition) is 3. The number of aromatic nitrogens is 2. The lowest BCUT2D eigenvalue weighted by atomic mass is 9.81. The number of rotatable bonds is 8. The van der Waals surface area contributed by atoms with Crippen LogP contribution in [0.4, 0.5) is 16.3 Å². The number of sulfone groups is 1. The van der Waals surface area contributed by atoms with E-state index in [1.54, 1.807) is 31.2 Å². The van der Waals surface area contributed by atoms with E-state index in [4.69, 9.17) is 19.8 Å². The summed E-state index contributed by atoms with van der Waals surface area (Å²) >= 11 is 0. The number of carbonyl (C=O) groups is 1. The molecule has 2 amide bonds. The third-order valence-electron chi connectivity index (χ3n) is 6.78. The topological polar surface area (TPSA) is 134 Å². The first-order valence-electron chi connectivity index (χ1n) is 12.0. The molecule has 4 rings (SSSR count). The standard InChI is InChI=1S/C24H33N5O5S/c1-3-35(32,33)24(9-4-10-24)20-15-21(29-12-14-34-16-17(29)2)28-22(27-20)18-5-7-19(8-6-18)26-23(31)25-11-13-30/h5-8,15,17,30H,3-4,9-14,16H2,1-2H3,(H2,25,26,31)/t17-/m0/s1. The third-order valence-corrected chi connectivity index (χ3v) is 9.34. The molecule has 1 saturated carbocycles. The van der Waals surface area contributed by atoms with Crippen molar-refractivity contribution in [2.45, 2.75) is 43.9 Å². The van der Waals surface area contributed by atoms with E-state index in [2.05, 4.69) is 22.5 Å². The number of morpholine rings is 1. The molecule has 2 heterocycles. The van der Waals surface area contributed by atoms with Crippen LogP contribution >= 0.6 is 0 Å². The van der Waals surface area contributed by atoms with Gasteiger partial charge in [0.2, 0.25) is 0 Å². The highest BCUT2D eigenvalue weighted by Crippen LogP contribution is 2.48. The Bertz CT molecular complexity index is 1150. The second-order valence-electron chi connectivity index (χ2n) is 8.99. The van der Waals surface area contributed by atoms with E-state index in [9.17, 15) is 13.2 Å². The van der Waals surface area contributed by atoms with E-state index in [0.717, 1.165) is 12.0 Å². The van der Waals surface area contributed by atoms with Gasteiger partial charge in [-0.3, -0.25) is 0 Å². The minimum absolute atomic E-state index is 0.0638. The van der Waals surface area contributed by atoms with Crippen molar-refractivity contribution < 1.29 is 23.1 Å². The molecule has 0 spiro atoms. The predicted octanol–water partition coefficient (Wildman–Crippen LogP) is 2.30. The van der Waals surface area contributed by atoms with Crippen molar-refractivity contribution >= 4 is 27.4 Å². The molecule has 1 atom stereocenters. The van der Waals surface area contributed by atoms with E-state index in [1.807, 2.05) is 6.07 Å². The normalized spacial score (nSPS) is 19.6. The molecule has 0 bridgehead atoms. The van der Waals surface area contributed by atoms with Gasteiger partial charge in [0.15, 0.2) is 15.7 Å². The Hall–Kier alpha value is -2.76. The van der Waals surface area contributed by atoms with Crippen molar-refractivity contribution in [2.24, 2.45) is 0 Å². The van der Waals surface area contributed by atoms with Crippen LogP contribution in [0.2, 0.25) is 0 Å². The number of nitrogens with zero attached hydrogens (tertiary/aromatic N) is 3. The molecule has 10 nitrogen and oxygen atoms in total. The maximum absolute atomic E-state index is 13.2. The number of ether oxygens (including phenoxy) is 1. The molecule has 1 aliphatic carbocycles. The highest BCUT2D eigenvalue weighted by Gasteiger charge is 2.51. The zero-order valence-corrected chi connectivity index (χ0v) is 21.0. The number of carbonyl (C=O) groups excluding carboxylic acids is 1. The number of benzene rings is 1. The van der Waals surface area contributed by atoms with Crippen LogP contribution in [0.5, 0.6) is 0 Å². The molecular weight excluding hydrogens is 470 g/mol. The summed E-state index contributed by atoms with van der Waals surface area (Å²) in [6.07, 6.45) is 1.97. The van der Waals surface area contributed by atoms with Gasteiger partial charge in [0.1, 0.15) is 10.6 Å². The maximum atomic E-state index is 13.2. The molecule has 35 heavy (non-hydrogen) atoms. The zero-order chi connectivity index (χ0) is 25.1. The van der Waals surface area contributed by atoms with Crippen LogP contribution in [0.25, 0.3) is 11.4 Å². The summed E-state index contributed by atoms with van der Waals surface area (Å²) in [7, 11) is -3.37. The average molecular weight is 504 g/mol. The van der Waals surface area contributed by atoms with Gasteiger partial charge in [-0.1, -0.05) is 6.92 Å². The first-order valence-corrected chi connectivity index (χ1v) is 13.7. The van der Waals surface area contributed by atoms with Gasteiger partial charge >= 0.3 is 6.03 Å². The van der Waals surface area contributed by atoms with Crippen LogP contribution in [0.15, 0.2) is 30.3 Å². The molecule has 0 unspecified atom stereocenters. The third kappa shape index (κ3) is 5.12. The summed E-state index contributed by atoms with van der Waals surface area (Å²) in [5, 5.41) is 14.1. The minimum atomic E-state index is -3.37. The van der Waals surface area contributed by atoms with Crippen LogP contribution in [0.1, 0.15) is 38.8 Å². The molecule has 1 aromatic heterocycles. The van der Waals surface area contributed by atoms with Gasteiger partial charge in [0, 0.05) is 36.2 Å². The first kappa shape index (κ1) is 25.3. The summed E-state index contributed by atoms with van der Waals surface area (Å²) in [6.45, 7) is 5.59. The Morgan fingerprint density at radius 2 is 2.00 bits per heavy atom. The second-order valence-corrected chi connectivity index (χ2v) is 11.6. The lowest BCUT2D eigenvalue weighted by Crippen LogP contribution is -2.46. The smallest absolute Gasteiger partial charge is 0.319 e. The lowest BCUT2D eigenvalue weighted by molar-refractivity contribution is 0.0985. The molecule has 0 radical (unpaired) electrons. The Balaban J connectivity index is 1.72. The summed E-state index contributed by atoms with van der Waals surface area (Å²) in [5.74, 6) is 1.21. The fourth-order valence-corrected chi connectivity index (χ4v) is 6.45. The molecule has 2 fully saturated rings. The van der Waals surface area contributed by atoms with E-state index < -0.39 is 20.6 Å². The van der Waals surface area contributed by atoms with Crippen LogP contribution in [-0.2, 0) is 19.3 Å². The molecule has 190 valence electrons. The average Bonchev–Trinajstić information content (AvgIpc) is 2.82. The molecule has 1 saturated heterocycles. The van der Waals surface area contributed by atoms with Gasteiger partial charge in [-0.05, 0) is 50.5 Å². The number of anilines is 2. The SMILES string of the molecule is CCS(=O)(=O)C1(c2cc(N3CCOC[C@@H]3C)nc(-c3ccc(NC(=O)NCCO)cc3)n2)CCC1. The summed E-state index contributed by atoms with van der Waals surface area (Å²) in [6, 6.07) is 8.61. The number of hydrogen-bond acceptors (Lipinski definition) is 8. The van der Waals surface area contributed by atoms with Gasteiger partial charge in [-0.15, -0.1) is 0 Å². The van der Waals surface area contributed by atoms with Crippen LogP contribution in [-0.4, -0.2) is 74.2 Å². The quantitative estimate of drug-likeness (QED) is 0.500. The van der Waals surface area contributed by atoms with Crippen LogP contribution in [0, 0.1) is 0 Å². The largest absolute Gasteiger partial charge is 0.395 e. The van der Waals surface area contributed by atoms with Crippen molar-refractivity contribution in [3.8, 4) is 11.4 Å². The molecular formula is C24H33N5O5S. The number of aliphatic hydroxyl groups excluding tert-OH is 1. The van der Waals surface area contributed by atoms with Gasteiger partial charge in [-0.25, -0.2) is 23.2 Å². The fourth-order valence-electron chi connectivity index (χ4n) is 4.56. The summed E-state index contributed by atoms with van der Waals surface area (Å²) in [5.41, 5.74) is 1.85. The molecule has 1 aliphatic heterocycles. The summed E-state index contributed by atoms with van der Waals surface area (Å²) in [4.78, 5) is 23.6. The maximum Gasteiger partial charge on any atom is 0.319 e. The number of urea groups is 1. The van der Waals surface area contributed by atoms with Gasteiger partial charge in [0.25, 0.3) is 0 Å². The van der Waals surface area contributed by atoms with Crippen LogP contribution < -0.4 is 15.5 Å². The molecule has 11 heteroatoms. The highest BCUT2D eigenvalue weighted by molar-refractivity contribution is 7.92. The molecule has 2 aromatic rings. The van der Waals surface area contributed by atoms with Gasteiger partial charge in [-0.2, -0.15) is 0 Å². The van der Waals surface area contributed by atoms with Crippen molar-refractivity contribution in [1.29, 1.82) is 0 Å². The number of aliphatic hydroxyl groups is 1. The lowest BCUT2D eigenvalue weighted by Gasteiger charge is -2.41. The van der Waals surface area contributed by atoms with Crippen LogP contribution in [0.3, 0.4) is 0 Å². The van der Waals surface area contributed by atoms with Crippen molar-refractivity contribution in [1.82, 2.24) is 15.3 Å². The molecule has 2 aliphatic rings. The second kappa shape index (κ2) is 10.5. The minimum Gasteiger partial charge on any atom is -0.395 e. The Kier molecular flexibility index (Phi) is 7.58. The highest BCUT2D eigenvalue weighted by atomic mass is 32.2. The van der Waals surface area contributed by atoms with E-state index in [0.29, 0.717) is 55.6 Å². The molecule has 3 N–H and O–H groups in total. The fraction of sp³-hybridized carbons (Fsp3) is 0.542. The number of amides is 2. The van der Waals surface area contributed by atoms with Gasteiger partial charge < -0.3 is 25.4 Å². The predicted molar refractivity (Wildman–Crippen MR) is 134 cm³/mol. The van der Waals surface area contributed by atoms with E-state index >= 15 is 0 Å². The van der Waals surface area contributed by atoms with E-state index in [1.165, 1.54) is 0 Å². The van der Waals surface area contributed by atoms with Crippen molar-refractivity contribution in [3.63, 3.8) is 0 Å². The summed E-state index contributed by atoms with van der Waals surface area (Å²) < 4.78 is 30.9. The Morgan fingerprint density at radius 1 is 1.26 bits per heavy atom. The first-order chi connectivity index (χ1) is 16.8. The number of nitrogens with one attached hydrogen (secondary N) is 2. The molecule has 1 aromatic carbocycles. The van der Waals surface area contributed by atoms with E-state index in [-0.39, 0.29) is 24.9 Å². The monoisotopic (exact) mass is 503 g/mol. The van der Waals surface area contributed by atoms with Gasteiger partial charge in [0.05, 0.1) is 31.6 Å². The van der Waals surface area contributed by atoms with Crippen molar-refractivity contribution in [2.75, 3.05) is 48.9 Å². The van der Waals surface area contributed by atoms with Crippen molar-refractivity contribution in [3.05, 3.63) is 36.0 Å². The Morgan fingerprint density at radius 3 is 2.60 bits per heavy atom.